The summed E-state index contributed by atoms with van der Waals surface area (Å²) in [4.78, 5) is 6.99. The molecule has 0 rings (SSSR count). The average molecular weight is 170 g/mol. The molecule has 2 nitrogen and oxygen atoms in total. The average Bonchev–Trinajstić information content (AvgIpc) is 0.918. The molecule has 1 N–H and O–H groups in total. The van der Waals surface area contributed by atoms with Crippen LogP contribution in [0.15, 0.2) is 0 Å². The van der Waals surface area contributed by atoms with Crippen LogP contribution < -0.4 is 0 Å². The summed E-state index contributed by atoms with van der Waals surface area (Å²) in [5.41, 5.74) is 0. The van der Waals surface area contributed by atoms with Crippen molar-refractivity contribution in [1.82, 2.24) is 0 Å². The Morgan fingerprint density at radius 2 is 1.75 bits per heavy atom. The van der Waals surface area contributed by atoms with Crippen molar-refractivity contribution in [3.8, 4) is 0 Å². The Hall–Kier alpha value is 0.722. The molecule has 0 aromatic heterocycles. The van der Waals surface area contributed by atoms with Crippen LogP contribution in [0, 0.1) is 0 Å². The van der Waals surface area contributed by atoms with Crippen molar-refractivity contribution in [3.63, 3.8) is 0 Å². The van der Waals surface area contributed by atoms with Gasteiger partial charge in [0, 0.05) is 20.4 Å². The second-order valence-corrected chi connectivity index (χ2v) is 0.245. The normalized spacial score (nSPS) is 5.25. The van der Waals surface area contributed by atoms with Gasteiger partial charge in [-0.25, -0.2) is 4.57 Å². The van der Waals surface area contributed by atoms with Gasteiger partial charge in [-0.15, -0.1) is 0 Å². The predicted molar refractivity (Wildman–Crippen MR) is 9.83 cm³/mol. The van der Waals surface area contributed by atoms with Gasteiger partial charge in [0.25, 0.3) is 0 Å². The molecule has 0 unspecified atom stereocenters. The van der Waals surface area contributed by atoms with Gasteiger partial charge >= 0.3 is 8.69 Å². The molecule has 0 aliphatic rings. The van der Waals surface area contributed by atoms with E-state index in [9.17, 15) is 0 Å². The Kier molecular flexibility index (Phi) is 20.5. The first-order valence-electron chi connectivity index (χ1n) is 0.383. The van der Waals surface area contributed by atoms with Crippen LogP contribution >= 0.6 is 8.69 Å². The molecule has 0 atom stereocenters. The van der Waals surface area contributed by atoms with E-state index in [-0.39, 0.29) is 20.4 Å². The molecule has 28 valence electrons. The molecule has 0 heterocycles. The molecular weight excluding hydrogens is 169 g/mol. The maximum absolute atomic E-state index is 8.46. The van der Waals surface area contributed by atoms with Crippen LogP contribution in [0.4, 0.5) is 0 Å². The van der Waals surface area contributed by atoms with Gasteiger partial charge in [-0.3, -0.25) is 0 Å². The van der Waals surface area contributed by atoms with Crippen molar-refractivity contribution in [2.45, 2.75) is 0 Å². The van der Waals surface area contributed by atoms with E-state index in [0.29, 0.717) is 0 Å². The van der Waals surface area contributed by atoms with Gasteiger partial charge in [0.05, 0.1) is 0 Å². The molecule has 0 aliphatic heterocycles. The molecule has 0 saturated heterocycles. The molecule has 0 bridgehead atoms. The Bertz CT molecular complexity index is 13.5. The molecule has 0 radical (unpaired) electrons. The minimum absolute atomic E-state index is 0. The minimum atomic E-state index is -0.833. The zero-order chi connectivity index (χ0) is 2.71. The van der Waals surface area contributed by atoms with Crippen LogP contribution in [0.3, 0.4) is 0 Å². The van der Waals surface area contributed by atoms with Crippen LogP contribution in [-0.2, 0) is 25.0 Å². The van der Waals surface area contributed by atoms with Crippen LogP contribution in [0.2, 0.25) is 0 Å². The summed E-state index contributed by atoms with van der Waals surface area (Å²) in [5, 5.41) is 0. The van der Waals surface area contributed by atoms with Crippen LogP contribution in [0.5, 0.6) is 0 Å². The van der Waals surface area contributed by atoms with Gasteiger partial charge in [0.1, 0.15) is 0 Å². The molecule has 0 aromatic rings. The zero-order valence-electron chi connectivity index (χ0n) is 1.62. The molecule has 4 heteroatoms. The van der Waals surface area contributed by atoms with Crippen molar-refractivity contribution >= 4 is 8.69 Å². The molecule has 0 aromatic carbocycles. The van der Waals surface area contributed by atoms with Gasteiger partial charge in [-0.05, 0) is 0 Å². The molecule has 4 heavy (non-hydrogen) atoms. The number of hydrogen-bond donors (Lipinski definition) is 1. The fourth-order valence-corrected chi connectivity index (χ4v) is 0. The van der Waals surface area contributed by atoms with Crippen molar-refractivity contribution in [1.29, 1.82) is 0 Å². The van der Waals surface area contributed by atoms with Crippen LogP contribution in [0.25, 0.3) is 0 Å². The number of hydrogen-bond acceptors (Lipinski definition) is 1. The summed E-state index contributed by atoms with van der Waals surface area (Å²) in [7, 11) is -0.833. The van der Waals surface area contributed by atoms with E-state index in [2.05, 4.69) is 0 Å². The first kappa shape index (κ1) is 8.83. The van der Waals surface area contributed by atoms with Crippen molar-refractivity contribution in [2.24, 2.45) is 0 Å². The van der Waals surface area contributed by atoms with Crippen molar-refractivity contribution in [3.05, 3.63) is 0 Å². The SMILES string of the molecule is O=PO.[Pd]. The van der Waals surface area contributed by atoms with E-state index in [1.165, 1.54) is 0 Å². The third kappa shape index (κ3) is 15.5. The molecular formula is HO2PPd. The number of rotatable bonds is 0. The topological polar surface area (TPSA) is 37.3 Å². The van der Waals surface area contributed by atoms with Gasteiger partial charge in [-0.1, -0.05) is 0 Å². The standard InChI is InChI=1S/HO2P.Pd/c1-3-2;/h(H,1,2);. The van der Waals surface area contributed by atoms with Gasteiger partial charge < -0.3 is 4.89 Å². The quantitative estimate of drug-likeness (QED) is 0.416. The smallest absolute Gasteiger partial charge is 0.310 e. The summed E-state index contributed by atoms with van der Waals surface area (Å²) < 4.78 is 8.46. The monoisotopic (exact) mass is 170 g/mol. The fraction of sp³-hybridized carbons (Fsp3) is 0. The van der Waals surface area contributed by atoms with E-state index in [4.69, 9.17) is 9.46 Å². The van der Waals surface area contributed by atoms with E-state index in [1.54, 1.807) is 0 Å². The van der Waals surface area contributed by atoms with Gasteiger partial charge in [0.15, 0.2) is 0 Å². The third-order valence-corrected chi connectivity index (χ3v) is 0. The molecule has 0 amide bonds. The van der Waals surface area contributed by atoms with Crippen LogP contribution in [0.1, 0.15) is 0 Å². The van der Waals surface area contributed by atoms with Crippen molar-refractivity contribution < 1.29 is 29.9 Å². The second kappa shape index (κ2) is 9.30. The van der Waals surface area contributed by atoms with Gasteiger partial charge in [0.2, 0.25) is 0 Å². The van der Waals surface area contributed by atoms with Gasteiger partial charge in [-0.2, -0.15) is 0 Å². The largest absolute Gasteiger partial charge is 0.324 e. The zero-order valence-corrected chi connectivity index (χ0v) is 4.07. The third-order valence-electron chi connectivity index (χ3n) is 0. The Balaban J connectivity index is 0. The summed E-state index contributed by atoms with van der Waals surface area (Å²) in [6, 6.07) is 0. The van der Waals surface area contributed by atoms with E-state index >= 15 is 0 Å². The minimum Gasteiger partial charge on any atom is -0.310 e. The summed E-state index contributed by atoms with van der Waals surface area (Å²) in [6.07, 6.45) is 0. The Morgan fingerprint density at radius 3 is 1.75 bits per heavy atom. The molecule has 0 spiro atoms. The summed E-state index contributed by atoms with van der Waals surface area (Å²) in [5.74, 6) is 0. The van der Waals surface area contributed by atoms with E-state index in [1.807, 2.05) is 0 Å². The predicted octanol–water partition coefficient (Wildman–Crippen LogP) is 0.183. The fourth-order valence-electron chi connectivity index (χ4n) is 0. The first-order chi connectivity index (χ1) is 1.41. The Morgan fingerprint density at radius 1 is 1.75 bits per heavy atom. The summed E-state index contributed by atoms with van der Waals surface area (Å²) >= 11 is 0. The maximum atomic E-state index is 8.46. The van der Waals surface area contributed by atoms with Crippen LogP contribution in [-0.4, -0.2) is 4.89 Å². The maximum Gasteiger partial charge on any atom is 0.324 e. The second-order valence-electron chi connectivity index (χ2n) is 0.0816. The van der Waals surface area contributed by atoms with E-state index < -0.39 is 8.69 Å². The molecule has 0 saturated carbocycles. The van der Waals surface area contributed by atoms with Crippen molar-refractivity contribution in [2.75, 3.05) is 0 Å². The molecule has 0 aliphatic carbocycles. The Labute approximate surface area is 39.2 Å². The summed E-state index contributed by atoms with van der Waals surface area (Å²) in [6.45, 7) is 0. The molecule has 0 fully saturated rings. The first-order valence-corrected chi connectivity index (χ1v) is 1.15. The van der Waals surface area contributed by atoms with E-state index in [0.717, 1.165) is 0 Å².